The maximum atomic E-state index is 13.0. The molecule has 2 N–H and O–H groups in total. The lowest BCUT2D eigenvalue weighted by molar-refractivity contribution is -0.137. The van der Waals surface area contributed by atoms with Crippen LogP contribution in [0.5, 0.6) is 0 Å². The van der Waals surface area contributed by atoms with Crippen LogP contribution in [0.4, 0.5) is 9.18 Å². The van der Waals surface area contributed by atoms with E-state index < -0.39 is 17.5 Å². The van der Waals surface area contributed by atoms with Gasteiger partial charge in [0.05, 0.1) is 6.04 Å². The third kappa shape index (κ3) is 3.30. The van der Waals surface area contributed by atoms with Crippen LogP contribution in [0.2, 0.25) is 0 Å². The van der Waals surface area contributed by atoms with E-state index in [0.717, 1.165) is 29.7 Å². The van der Waals surface area contributed by atoms with Crippen molar-refractivity contribution in [1.82, 2.24) is 15.5 Å². The molecule has 140 valence electrons. The molecule has 6 nitrogen and oxygen atoms in total. The molecule has 3 rings (SSSR count). The average molecular weight is 361 g/mol. The van der Waals surface area contributed by atoms with Gasteiger partial charge in [0.15, 0.2) is 0 Å². The van der Waals surface area contributed by atoms with E-state index >= 15 is 0 Å². The summed E-state index contributed by atoms with van der Waals surface area (Å²) in [5.74, 6) is -1.03. The lowest BCUT2D eigenvalue weighted by atomic mass is 9.73. The Morgan fingerprint density at radius 2 is 2.04 bits per heavy atom. The van der Waals surface area contributed by atoms with E-state index in [0.29, 0.717) is 6.42 Å². The molecule has 26 heavy (non-hydrogen) atoms. The molecule has 2 fully saturated rings. The monoisotopic (exact) mass is 361 g/mol. The van der Waals surface area contributed by atoms with Gasteiger partial charge in [-0.2, -0.15) is 0 Å². The second-order valence-electron chi connectivity index (χ2n) is 7.28. The smallest absolute Gasteiger partial charge is 0.325 e. The lowest BCUT2D eigenvalue weighted by Gasteiger charge is -2.36. The van der Waals surface area contributed by atoms with Crippen molar-refractivity contribution >= 4 is 17.8 Å². The Kier molecular flexibility index (Phi) is 4.98. The molecule has 0 unspecified atom stereocenters. The highest BCUT2D eigenvalue weighted by atomic mass is 19.1. The highest BCUT2D eigenvalue weighted by Crippen LogP contribution is 2.38. The zero-order valence-corrected chi connectivity index (χ0v) is 15.0. The highest BCUT2D eigenvalue weighted by Gasteiger charge is 2.55. The molecule has 0 bridgehead atoms. The van der Waals surface area contributed by atoms with Gasteiger partial charge in [-0.25, -0.2) is 9.18 Å². The Morgan fingerprint density at radius 1 is 1.35 bits per heavy atom. The van der Waals surface area contributed by atoms with Crippen LogP contribution in [0.3, 0.4) is 0 Å². The Bertz CT molecular complexity index is 721. The number of carbonyl (C=O) groups excluding carboxylic acids is 3. The standard InChI is InChI=1S/C19H24FN3O3/c1-12-5-3-4-10-19(12)17(25)23(18(26)22-19)11-16(24)21-13(2)14-6-8-15(20)9-7-14/h6-9,12-13H,3-5,10-11H2,1-2H3,(H,21,24)(H,22,26)/t12-,13+,19-/m1/s1. The molecular formula is C19H24FN3O3. The summed E-state index contributed by atoms with van der Waals surface area (Å²) in [6, 6.07) is 4.96. The zero-order valence-electron chi connectivity index (χ0n) is 15.0. The van der Waals surface area contributed by atoms with Gasteiger partial charge < -0.3 is 10.6 Å². The van der Waals surface area contributed by atoms with E-state index in [4.69, 9.17) is 0 Å². The lowest BCUT2D eigenvalue weighted by Crippen LogP contribution is -2.54. The molecule has 1 heterocycles. The predicted octanol–water partition coefficient (Wildman–Crippen LogP) is 2.50. The van der Waals surface area contributed by atoms with Gasteiger partial charge in [0.2, 0.25) is 5.91 Å². The van der Waals surface area contributed by atoms with Gasteiger partial charge in [0.25, 0.3) is 5.91 Å². The van der Waals surface area contributed by atoms with Crippen LogP contribution in [0.15, 0.2) is 24.3 Å². The van der Waals surface area contributed by atoms with Gasteiger partial charge in [-0.1, -0.05) is 31.9 Å². The van der Waals surface area contributed by atoms with E-state index in [1.165, 1.54) is 12.1 Å². The number of rotatable bonds is 4. The number of amides is 4. The first-order chi connectivity index (χ1) is 12.3. The molecule has 1 spiro atoms. The van der Waals surface area contributed by atoms with Crippen molar-refractivity contribution in [2.24, 2.45) is 5.92 Å². The number of nitrogens with zero attached hydrogens (tertiary/aromatic N) is 1. The van der Waals surface area contributed by atoms with Gasteiger partial charge in [-0.15, -0.1) is 0 Å². The maximum Gasteiger partial charge on any atom is 0.325 e. The van der Waals surface area contributed by atoms with Crippen LogP contribution in [0.25, 0.3) is 0 Å². The first kappa shape index (κ1) is 18.4. The van der Waals surface area contributed by atoms with Crippen LogP contribution in [-0.2, 0) is 9.59 Å². The Balaban J connectivity index is 1.64. The Hall–Kier alpha value is -2.44. The minimum absolute atomic E-state index is 0.0545. The molecule has 1 aromatic carbocycles. The van der Waals surface area contributed by atoms with Gasteiger partial charge in [-0.05, 0) is 43.4 Å². The van der Waals surface area contributed by atoms with E-state index in [2.05, 4.69) is 10.6 Å². The fraction of sp³-hybridized carbons (Fsp3) is 0.526. The summed E-state index contributed by atoms with van der Waals surface area (Å²) in [5.41, 5.74) is -0.118. The molecule has 0 radical (unpaired) electrons. The largest absolute Gasteiger partial charge is 0.348 e. The maximum absolute atomic E-state index is 13.0. The molecule has 1 aromatic rings. The van der Waals surface area contributed by atoms with Crippen LogP contribution < -0.4 is 10.6 Å². The van der Waals surface area contributed by atoms with Gasteiger partial charge in [-0.3, -0.25) is 14.5 Å². The molecule has 3 atom stereocenters. The summed E-state index contributed by atoms with van der Waals surface area (Å²) < 4.78 is 13.0. The van der Waals surface area contributed by atoms with Crippen molar-refractivity contribution in [3.63, 3.8) is 0 Å². The fourth-order valence-electron chi connectivity index (χ4n) is 3.90. The summed E-state index contributed by atoms with van der Waals surface area (Å²) in [4.78, 5) is 38.5. The van der Waals surface area contributed by atoms with Crippen molar-refractivity contribution in [1.29, 1.82) is 0 Å². The number of imide groups is 1. The number of benzene rings is 1. The fourth-order valence-corrected chi connectivity index (χ4v) is 3.90. The highest BCUT2D eigenvalue weighted by molar-refractivity contribution is 6.09. The van der Waals surface area contributed by atoms with Crippen LogP contribution in [0, 0.1) is 11.7 Å². The summed E-state index contributed by atoms with van der Waals surface area (Å²) in [7, 11) is 0. The second kappa shape index (κ2) is 7.05. The summed E-state index contributed by atoms with van der Waals surface area (Å²) >= 11 is 0. The minimum Gasteiger partial charge on any atom is -0.348 e. The molecule has 1 saturated heterocycles. The molecular weight excluding hydrogens is 337 g/mol. The number of hydrogen-bond acceptors (Lipinski definition) is 3. The number of urea groups is 1. The third-order valence-electron chi connectivity index (χ3n) is 5.55. The second-order valence-corrected chi connectivity index (χ2v) is 7.28. The first-order valence-corrected chi connectivity index (χ1v) is 9.02. The summed E-state index contributed by atoms with van der Waals surface area (Å²) in [5, 5.41) is 5.58. The van der Waals surface area contributed by atoms with E-state index in [1.54, 1.807) is 19.1 Å². The first-order valence-electron chi connectivity index (χ1n) is 9.02. The van der Waals surface area contributed by atoms with E-state index in [9.17, 15) is 18.8 Å². The quantitative estimate of drug-likeness (QED) is 0.809. The number of nitrogens with one attached hydrogen (secondary N) is 2. The topological polar surface area (TPSA) is 78.5 Å². The SMILES string of the molecule is C[C@H](NC(=O)CN1C(=O)N[C@@]2(CCCC[C@H]2C)C1=O)c1ccc(F)cc1. The number of halogens is 1. The minimum atomic E-state index is -0.863. The van der Waals surface area contributed by atoms with E-state index in [1.807, 2.05) is 6.92 Å². The van der Waals surface area contributed by atoms with Crippen LogP contribution >= 0.6 is 0 Å². The number of hydrogen-bond donors (Lipinski definition) is 2. The average Bonchev–Trinajstić information content (AvgIpc) is 2.83. The van der Waals surface area contributed by atoms with Crippen molar-refractivity contribution in [3.05, 3.63) is 35.6 Å². The molecule has 2 aliphatic rings. The molecule has 1 aliphatic carbocycles. The van der Waals surface area contributed by atoms with Crippen molar-refractivity contribution in [2.75, 3.05) is 6.54 Å². The third-order valence-corrected chi connectivity index (χ3v) is 5.55. The van der Waals surface area contributed by atoms with Gasteiger partial charge in [0, 0.05) is 0 Å². The summed E-state index contributed by atoms with van der Waals surface area (Å²) in [6.07, 6.45) is 3.43. The molecule has 0 aromatic heterocycles. The normalized spacial score (nSPS) is 26.7. The van der Waals surface area contributed by atoms with Crippen molar-refractivity contribution in [2.45, 2.75) is 51.1 Å². The number of carbonyl (C=O) groups is 3. The molecule has 1 saturated carbocycles. The van der Waals surface area contributed by atoms with Crippen LogP contribution in [0.1, 0.15) is 51.1 Å². The Labute approximate surface area is 152 Å². The molecule has 1 aliphatic heterocycles. The zero-order chi connectivity index (χ0) is 18.9. The van der Waals surface area contributed by atoms with Gasteiger partial charge >= 0.3 is 6.03 Å². The van der Waals surface area contributed by atoms with Crippen LogP contribution in [-0.4, -0.2) is 34.8 Å². The summed E-state index contributed by atoms with van der Waals surface area (Å²) in [6.45, 7) is 3.42. The molecule has 4 amide bonds. The van der Waals surface area contributed by atoms with Gasteiger partial charge in [0.1, 0.15) is 17.9 Å². The van der Waals surface area contributed by atoms with Crippen molar-refractivity contribution < 1.29 is 18.8 Å². The predicted molar refractivity (Wildman–Crippen MR) is 93.6 cm³/mol. The van der Waals surface area contributed by atoms with Crippen molar-refractivity contribution in [3.8, 4) is 0 Å². The molecule has 7 heteroatoms. The van der Waals surface area contributed by atoms with E-state index in [-0.39, 0.29) is 30.2 Å². The Morgan fingerprint density at radius 3 is 2.69 bits per heavy atom.